The minimum Gasteiger partial charge on any atom is -0.306 e. The molecule has 0 aliphatic heterocycles. The topological polar surface area (TPSA) is 57.4 Å². The van der Waals surface area contributed by atoms with Crippen molar-refractivity contribution in [3.63, 3.8) is 0 Å². The van der Waals surface area contributed by atoms with Gasteiger partial charge in [0.25, 0.3) is 0 Å². The SMILES string of the molecule is N#Cc1c(-c2cccc3sc4ccccc4c23)c(C#N)c(-n2c3ccccc3c3ccc4c5ccccc5sc4c32)c(-c2cccc3sc4ccccc4c23)c1-n1c2ccccc2c2ccc3c4ccccc4sc3c21. The van der Waals surface area contributed by atoms with Gasteiger partial charge >= 0.3 is 0 Å². The Bertz CT molecular complexity index is 5300. The van der Waals surface area contributed by atoms with Crippen molar-refractivity contribution in [1.82, 2.24) is 9.13 Å². The number of hydrogen-bond donors (Lipinski definition) is 0. The third kappa shape index (κ3) is 5.53. The highest BCUT2D eigenvalue weighted by Crippen LogP contribution is 2.55. The fraction of sp³-hybridized carbons (Fsp3) is 0. The second kappa shape index (κ2) is 15.7. The molecule has 6 aromatic heterocycles. The van der Waals surface area contributed by atoms with Gasteiger partial charge in [0.1, 0.15) is 12.1 Å². The van der Waals surface area contributed by atoms with Gasteiger partial charge in [-0.05, 0) is 59.7 Å². The number of nitrogens with zero attached hydrogens (tertiary/aromatic N) is 4. The quantitative estimate of drug-likeness (QED) is 0.176. The summed E-state index contributed by atoms with van der Waals surface area (Å²) in [7, 11) is 0. The second-order valence-electron chi connectivity index (χ2n) is 19.6. The van der Waals surface area contributed by atoms with E-state index in [-0.39, 0.29) is 0 Å². The zero-order chi connectivity index (χ0) is 49.9. The van der Waals surface area contributed by atoms with Crippen molar-refractivity contribution in [2.75, 3.05) is 0 Å². The van der Waals surface area contributed by atoms with E-state index < -0.39 is 0 Å². The monoisotopic (exact) mass is 1030 g/mol. The minimum atomic E-state index is 0.447. The molecule has 0 aliphatic rings. The van der Waals surface area contributed by atoms with Gasteiger partial charge in [-0.1, -0.05) is 158 Å². The molecule has 0 saturated carbocycles. The minimum absolute atomic E-state index is 0.447. The maximum absolute atomic E-state index is 12.6. The molecule has 0 N–H and O–H groups in total. The molecule has 11 aromatic carbocycles. The number of fused-ring (bicyclic) bond motifs is 20. The van der Waals surface area contributed by atoms with Crippen molar-refractivity contribution >= 4 is 170 Å². The number of nitriles is 2. The summed E-state index contributed by atoms with van der Waals surface area (Å²) in [5.41, 5.74) is 9.70. The second-order valence-corrected chi connectivity index (χ2v) is 23.8. The highest BCUT2D eigenvalue weighted by molar-refractivity contribution is 7.27. The van der Waals surface area contributed by atoms with Crippen LogP contribution in [-0.4, -0.2) is 9.13 Å². The van der Waals surface area contributed by atoms with E-state index in [4.69, 9.17) is 0 Å². The summed E-state index contributed by atoms with van der Waals surface area (Å²) in [5.74, 6) is 0. The zero-order valence-electron chi connectivity index (χ0n) is 40.1. The Morgan fingerprint density at radius 2 is 0.645 bits per heavy atom. The van der Waals surface area contributed by atoms with Gasteiger partial charge in [0, 0.05) is 104 Å². The van der Waals surface area contributed by atoms with Crippen LogP contribution in [0.5, 0.6) is 0 Å². The van der Waals surface area contributed by atoms with E-state index in [1.807, 2.05) is 0 Å². The first kappa shape index (κ1) is 42.3. The fourth-order valence-electron chi connectivity index (χ4n) is 12.8. The van der Waals surface area contributed by atoms with E-state index in [2.05, 4.69) is 228 Å². The van der Waals surface area contributed by atoms with Crippen LogP contribution >= 0.6 is 45.3 Å². The summed E-state index contributed by atoms with van der Waals surface area (Å²) in [6.45, 7) is 0. The van der Waals surface area contributed by atoms with Crippen LogP contribution in [0.4, 0.5) is 0 Å². The van der Waals surface area contributed by atoms with E-state index in [0.717, 1.165) is 117 Å². The predicted molar refractivity (Wildman–Crippen MR) is 327 cm³/mol. The molecule has 76 heavy (non-hydrogen) atoms. The molecule has 0 bridgehead atoms. The van der Waals surface area contributed by atoms with Gasteiger partial charge in [-0.3, -0.25) is 0 Å². The van der Waals surface area contributed by atoms with Crippen LogP contribution in [0.15, 0.2) is 206 Å². The average Bonchev–Trinajstić information content (AvgIpc) is 4.51. The van der Waals surface area contributed by atoms with Gasteiger partial charge in [0.2, 0.25) is 0 Å². The lowest BCUT2D eigenvalue weighted by Gasteiger charge is -2.26. The summed E-state index contributed by atoms with van der Waals surface area (Å²) in [6, 6.07) is 80.0. The highest BCUT2D eigenvalue weighted by atomic mass is 32.1. The van der Waals surface area contributed by atoms with E-state index in [0.29, 0.717) is 16.7 Å². The molecule has 0 atom stereocenters. The molecular formula is C68H34N4S4. The van der Waals surface area contributed by atoms with Crippen LogP contribution in [0.3, 0.4) is 0 Å². The van der Waals surface area contributed by atoms with E-state index in [1.165, 1.54) is 35.6 Å². The normalized spacial score (nSPS) is 12.2. The van der Waals surface area contributed by atoms with Crippen LogP contribution in [0, 0.1) is 22.7 Å². The molecule has 0 saturated heterocycles. The lowest BCUT2D eigenvalue weighted by Crippen LogP contribution is -2.11. The van der Waals surface area contributed by atoms with Crippen LogP contribution < -0.4 is 0 Å². The van der Waals surface area contributed by atoms with Gasteiger partial charge in [0.15, 0.2) is 0 Å². The van der Waals surface area contributed by atoms with E-state index in [1.54, 1.807) is 45.3 Å². The molecule has 0 fully saturated rings. The number of thiophene rings is 4. The molecule has 0 aliphatic carbocycles. The third-order valence-electron chi connectivity index (χ3n) is 15.8. The number of aromatic nitrogens is 2. The number of para-hydroxylation sites is 2. The first-order chi connectivity index (χ1) is 37.7. The summed E-state index contributed by atoms with van der Waals surface area (Å²) >= 11 is 7.13. The molecule has 0 unspecified atom stereocenters. The Morgan fingerprint density at radius 1 is 0.289 bits per heavy atom. The standard InChI is InChI=1S/C68H34N4S4/c69-35-49-59(47-21-13-29-57-60(47)45-19-5-11-27-55(45)73-57)50(36-70)64(72-52-24-8-2-16-38(52)42-32-34-44-40-18-4-10-26-54(40)76-68(44)66(42)72)62(48-22-14-30-58-61(48)46-20-6-12-28-56(46)74-58)63(49)71-51-23-7-1-15-37(51)41-31-33-43-39-17-3-9-25-53(39)75-67(43)65(41)71/h1-34H. The molecule has 8 heteroatoms. The Hall–Kier alpha value is -9.12. The molecule has 17 aromatic rings. The summed E-state index contributed by atoms with van der Waals surface area (Å²) in [5, 5.41) is 38.7. The molecular weight excluding hydrogens is 1000 g/mol. The number of benzene rings is 11. The molecule has 350 valence electrons. The van der Waals surface area contributed by atoms with Gasteiger partial charge in [0.05, 0.1) is 54.0 Å². The lowest BCUT2D eigenvalue weighted by molar-refractivity contribution is 1.13. The largest absolute Gasteiger partial charge is 0.306 e. The maximum atomic E-state index is 12.6. The van der Waals surface area contributed by atoms with Crippen molar-refractivity contribution in [2.45, 2.75) is 0 Å². The van der Waals surface area contributed by atoms with Crippen molar-refractivity contribution in [1.29, 1.82) is 10.5 Å². The first-order valence-electron chi connectivity index (χ1n) is 25.2. The van der Waals surface area contributed by atoms with E-state index >= 15 is 0 Å². The molecule has 4 nitrogen and oxygen atoms in total. The van der Waals surface area contributed by atoms with E-state index in [9.17, 15) is 10.5 Å². The predicted octanol–water partition coefficient (Wildman–Crippen LogP) is 20.4. The Balaban J connectivity index is 1.21. The highest BCUT2D eigenvalue weighted by Gasteiger charge is 2.34. The molecule has 0 amide bonds. The van der Waals surface area contributed by atoms with Crippen molar-refractivity contribution in [3.8, 4) is 45.8 Å². The molecule has 0 spiro atoms. The Labute approximate surface area is 449 Å². The smallest absolute Gasteiger partial charge is 0.102 e. The summed E-state index contributed by atoms with van der Waals surface area (Å²) in [4.78, 5) is 0. The van der Waals surface area contributed by atoms with Crippen LogP contribution in [0.1, 0.15) is 11.1 Å². The third-order valence-corrected chi connectivity index (χ3v) is 20.5. The fourth-order valence-corrected chi connectivity index (χ4v) is 17.6. The van der Waals surface area contributed by atoms with Crippen LogP contribution in [0.2, 0.25) is 0 Å². The Morgan fingerprint density at radius 3 is 1.09 bits per heavy atom. The van der Waals surface area contributed by atoms with Crippen LogP contribution in [-0.2, 0) is 0 Å². The molecule has 17 rings (SSSR count). The van der Waals surface area contributed by atoms with Gasteiger partial charge < -0.3 is 9.13 Å². The zero-order valence-corrected chi connectivity index (χ0v) is 43.3. The van der Waals surface area contributed by atoms with Gasteiger partial charge in [-0.15, -0.1) is 45.3 Å². The molecule has 6 heterocycles. The average molecular weight is 1040 g/mol. The van der Waals surface area contributed by atoms with Crippen molar-refractivity contribution in [3.05, 3.63) is 217 Å². The summed E-state index contributed by atoms with van der Waals surface area (Å²) in [6.07, 6.45) is 0. The van der Waals surface area contributed by atoms with Gasteiger partial charge in [-0.25, -0.2) is 0 Å². The summed E-state index contributed by atoms with van der Waals surface area (Å²) < 4.78 is 14.1. The maximum Gasteiger partial charge on any atom is 0.102 e. The number of rotatable bonds is 4. The Kier molecular flexibility index (Phi) is 8.73. The lowest BCUT2D eigenvalue weighted by atomic mass is 9.84. The van der Waals surface area contributed by atoms with Crippen molar-refractivity contribution in [2.24, 2.45) is 0 Å². The van der Waals surface area contributed by atoms with Gasteiger partial charge in [-0.2, -0.15) is 10.5 Å². The molecule has 0 radical (unpaired) electrons. The van der Waals surface area contributed by atoms with Crippen LogP contribution in [0.25, 0.3) is 158 Å². The first-order valence-corrected chi connectivity index (χ1v) is 28.5. The number of hydrogen-bond acceptors (Lipinski definition) is 6. The van der Waals surface area contributed by atoms with Crippen molar-refractivity contribution < 1.29 is 0 Å².